The molecule has 0 radical (unpaired) electrons. The van der Waals surface area contributed by atoms with Gasteiger partial charge in [0, 0.05) is 25.3 Å². The van der Waals surface area contributed by atoms with Crippen LogP contribution in [0.1, 0.15) is 43.1 Å². The van der Waals surface area contributed by atoms with Crippen LogP contribution >= 0.6 is 0 Å². The second-order valence-electron chi connectivity index (χ2n) is 3.62. The number of rotatable bonds is 6. The van der Waals surface area contributed by atoms with Crippen LogP contribution in [0.4, 0.5) is 0 Å². The largest absolute Gasteiger partial charge is 0.382 e. The Labute approximate surface area is 111 Å². The van der Waals surface area contributed by atoms with Crippen LogP contribution in [0.15, 0.2) is 24.3 Å². The topological polar surface area (TPSA) is 38.3 Å². The van der Waals surface area contributed by atoms with Crippen LogP contribution in [0, 0.1) is 6.92 Å². The van der Waals surface area contributed by atoms with Crippen LogP contribution in [0.3, 0.4) is 0 Å². The number of hydrogen-bond donors (Lipinski definition) is 1. The number of carbonyl (C=O) groups is 1. The van der Waals surface area contributed by atoms with E-state index in [1.54, 1.807) is 0 Å². The molecule has 0 saturated carbocycles. The second kappa shape index (κ2) is 10.8. The average Bonchev–Trinajstić information content (AvgIpc) is 2.41. The standard InChI is InChI=1S/C13H19NO2.C2H6/c1-3-16-10-6-9-14-13(15)12-8-5-4-7-11(12)2;1-2/h4-5,7-8H,3,6,9-10H2,1-2H3,(H,14,15);1-2H3. The van der Waals surface area contributed by atoms with Gasteiger partial charge in [-0.2, -0.15) is 0 Å². The van der Waals surface area contributed by atoms with E-state index in [1.165, 1.54) is 0 Å². The summed E-state index contributed by atoms with van der Waals surface area (Å²) in [6.07, 6.45) is 0.853. The second-order valence-corrected chi connectivity index (χ2v) is 3.62. The van der Waals surface area contributed by atoms with Crippen molar-refractivity contribution in [2.75, 3.05) is 19.8 Å². The Hall–Kier alpha value is -1.35. The van der Waals surface area contributed by atoms with Gasteiger partial charge in [-0.05, 0) is 31.9 Å². The van der Waals surface area contributed by atoms with E-state index in [-0.39, 0.29) is 5.91 Å². The van der Waals surface area contributed by atoms with Crippen molar-refractivity contribution >= 4 is 5.91 Å². The summed E-state index contributed by atoms with van der Waals surface area (Å²) in [5.74, 6) is -0.00500. The highest BCUT2D eigenvalue weighted by Gasteiger charge is 2.06. The summed E-state index contributed by atoms with van der Waals surface area (Å²) >= 11 is 0. The highest BCUT2D eigenvalue weighted by molar-refractivity contribution is 5.95. The van der Waals surface area contributed by atoms with E-state index in [0.29, 0.717) is 13.2 Å². The lowest BCUT2D eigenvalue weighted by Gasteiger charge is -2.07. The molecule has 0 unspecified atom stereocenters. The third kappa shape index (κ3) is 6.40. The van der Waals surface area contributed by atoms with E-state index in [4.69, 9.17) is 4.74 Å². The van der Waals surface area contributed by atoms with Crippen molar-refractivity contribution in [1.29, 1.82) is 0 Å². The summed E-state index contributed by atoms with van der Waals surface area (Å²) in [4.78, 5) is 11.7. The Kier molecular flexibility index (Phi) is 9.97. The molecule has 0 spiro atoms. The molecule has 1 rings (SSSR count). The zero-order valence-corrected chi connectivity index (χ0v) is 12.0. The summed E-state index contributed by atoms with van der Waals surface area (Å²) in [5.41, 5.74) is 1.75. The number of ether oxygens (including phenoxy) is 1. The van der Waals surface area contributed by atoms with Crippen molar-refractivity contribution in [3.63, 3.8) is 0 Å². The van der Waals surface area contributed by atoms with E-state index in [9.17, 15) is 4.79 Å². The van der Waals surface area contributed by atoms with Crippen molar-refractivity contribution in [3.05, 3.63) is 35.4 Å². The fourth-order valence-electron chi connectivity index (χ4n) is 1.44. The molecule has 0 atom stereocenters. The number of hydrogen-bond acceptors (Lipinski definition) is 2. The molecule has 0 aliphatic heterocycles. The van der Waals surface area contributed by atoms with Crippen molar-refractivity contribution in [2.45, 2.75) is 34.1 Å². The zero-order valence-electron chi connectivity index (χ0n) is 12.0. The van der Waals surface area contributed by atoms with E-state index in [0.717, 1.165) is 24.2 Å². The zero-order chi connectivity index (χ0) is 13.8. The Balaban J connectivity index is 0.00000137. The molecule has 0 bridgehead atoms. The van der Waals surface area contributed by atoms with E-state index < -0.39 is 0 Å². The first-order chi connectivity index (χ1) is 8.75. The molecule has 1 amide bonds. The highest BCUT2D eigenvalue weighted by atomic mass is 16.5. The molecule has 1 N–H and O–H groups in total. The number of carbonyl (C=O) groups excluding carboxylic acids is 1. The molecule has 0 aliphatic carbocycles. The summed E-state index contributed by atoms with van der Waals surface area (Å²) in [6, 6.07) is 7.59. The molecule has 0 fully saturated rings. The summed E-state index contributed by atoms with van der Waals surface area (Å²) < 4.78 is 5.19. The monoisotopic (exact) mass is 251 g/mol. The lowest BCUT2D eigenvalue weighted by Crippen LogP contribution is -2.25. The van der Waals surface area contributed by atoms with Gasteiger partial charge in [0.25, 0.3) is 5.91 Å². The smallest absolute Gasteiger partial charge is 0.251 e. The predicted octanol–water partition coefficient (Wildman–Crippen LogP) is 3.18. The van der Waals surface area contributed by atoms with Gasteiger partial charge >= 0.3 is 0 Å². The minimum atomic E-state index is -0.00500. The van der Waals surface area contributed by atoms with Gasteiger partial charge in [-0.1, -0.05) is 32.0 Å². The molecule has 3 heteroatoms. The minimum absolute atomic E-state index is 0.00500. The van der Waals surface area contributed by atoms with Gasteiger partial charge in [-0.15, -0.1) is 0 Å². The third-order valence-electron chi connectivity index (χ3n) is 2.34. The van der Waals surface area contributed by atoms with Gasteiger partial charge in [-0.3, -0.25) is 4.79 Å². The maximum Gasteiger partial charge on any atom is 0.251 e. The highest BCUT2D eigenvalue weighted by Crippen LogP contribution is 2.06. The number of benzene rings is 1. The average molecular weight is 251 g/mol. The van der Waals surface area contributed by atoms with Crippen LogP contribution in [0.25, 0.3) is 0 Å². The molecule has 0 aromatic heterocycles. The number of aryl methyl sites for hydroxylation is 1. The van der Waals surface area contributed by atoms with Gasteiger partial charge in [0.15, 0.2) is 0 Å². The quantitative estimate of drug-likeness (QED) is 0.789. The molecular formula is C15H25NO2. The lowest BCUT2D eigenvalue weighted by atomic mass is 10.1. The van der Waals surface area contributed by atoms with E-state index in [1.807, 2.05) is 52.0 Å². The van der Waals surface area contributed by atoms with Crippen molar-refractivity contribution in [2.24, 2.45) is 0 Å². The molecule has 3 nitrogen and oxygen atoms in total. The third-order valence-corrected chi connectivity index (χ3v) is 2.34. The fourth-order valence-corrected chi connectivity index (χ4v) is 1.44. The predicted molar refractivity (Wildman–Crippen MR) is 76.0 cm³/mol. The summed E-state index contributed by atoms with van der Waals surface area (Å²) in [6.45, 7) is 9.99. The molecule has 0 heterocycles. The van der Waals surface area contributed by atoms with Crippen LogP contribution in [-0.4, -0.2) is 25.7 Å². The first-order valence-electron chi connectivity index (χ1n) is 6.67. The van der Waals surface area contributed by atoms with Crippen LogP contribution in [0.5, 0.6) is 0 Å². The normalized spacial score (nSPS) is 9.33. The molecular weight excluding hydrogens is 226 g/mol. The Bertz CT molecular complexity index is 337. The minimum Gasteiger partial charge on any atom is -0.382 e. The van der Waals surface area contributed by atoms with Crippen LogP contribution in [-0.2, 0) is 4.74 Å². The molecule has 1 aromatic carbocycles. The first kappa shape index (κ1) is 16.6. The maximum absolute atomic E-state index is 11.7. The van der Waals surface area contributed by atoms with Gasteiger partial charge in [0.05, 0.1) is 0 Å². The molecule has 1 aromatic rings. The lowest BCUT2D eigenvalue weighted by molar-refractivity contribution is 0.0943. The maximum atomic E-state index is 11.7. The van der Waals surface area contributed by atoms with E-state index >= 15 is 0 Å². The summed E-state index contributed by atoms with van der Waals surface area (Å²) in [5, 5.41) is 2.88. The number of amides is 1. The molecule has 0 aliphatic rings. The van der Waals surface area contributed by atoms with Gasteiger partial charge in [0.1, 0.15) is 0 Å². The molecule has 18 heavy (non-hydrogen) atoms. The molecule has 0 saturated heterocycles. The first-order valence-corrected chi connectivity index (χ1v) is 6.67. The van der Waals surface area contributed by atoms with Crippen molar-refractivity contribution in [1.82, 2.24) is 5.32 Å². The van der Waals surface area contributed by atoms with Crippen LogP contribution in [0.2, 0.25) is 0 Å². The van der Waals surface area contributed by atoms with Gasteiger partial charge in [-0.25, -0.2) is 0 Å². The van der Waals surface area contributed by atoms with E-state index in [2.05, 4.69) is 5.32 Å². The van der Waals surface area contributed by atoms with Crippen molar-refractivity contribution in [3.8, 4) is 0 Å². The van der Waals surface area contributed by atoms with Gasteiger partial charge in [0.2, 0.25) is 0 Å². The van der Waals surface area contributed by atoms with Gasteiger partial charge < -0.3 is 10.1 Å². The SMILES string of the molecule is CC.CCOCCCNC(=O)c1ccccc1C. The summed E-state index contributed by atoms with van der Waals surface area (Å²) in [7, 11) is 0. The van der Waals surface area contributed by atoms with Crippen LogP contribution < -0.4 is 5.32 Å². The fraction of sp³-hybridized carbons (Fsp3) is 0.533. The molecule has 102 valence electrons. The Morgan fingerprint density at radius 3 is 2.56 bits per heavy atom. The Morgan fingerprint density at radius 2 is 1.94 bits per heavy atom. The van der Waals surface area contributed by atoms with Crippen molar-refractivity contribution < 1.29 is 9.53 Å². The Morgan fingerprint density at radius 1 is 1.28 bits per heavy atom. The number of nitrogens with one attached hydrogen (secondary N) is 1.